The number of carbonyl (C=O) groups excluding carboxylic acids is 1. The van der Waals surface area contributed by atoms with Gasteiger partial charge < -0.3 is 15.0 Å². The van der Waals surface area contributed by atoms with Crippen LogP contribution in [0.1, 0.15) is 0 Å². The van der Waals surface area contributed by atoms with Crippen molar-refractivity contribution < 1.29 is 22.3 Å². The van der Waals surface area contributed by atoms with Crippen molar-refractivity contribution in [1.29, 1.82) is 0 Å². The minimum atomic E-state index is -3.07. The van der Waals surface area contributed by atoms with Crippen LogP contribution >= 0.6 is 11.8 Å². The summed E-state index contributed by atoms with van der Waals surface area (Å²) >= 11 is 1.38. The van der Waals surface area contributed by atoms with Gasteiger partial charge in [0.1, 0.15) is 18.1 Å². The molecule has 2 aromatic rings. The van der Waals surface area contributed by atoms with E-state index in [2.05, 4.69) is 10.3 Å². The van der Waals surface area contributed by atoms with Gasteiger partial charge in [0.2, 0.25) is 5.91 Å². The fraction of sp³-hybridized carbons (Fsp3) is 0.300. The number of nitrogens with zero attached hydrogens (tertiary/aromatic N) is 2. The maximum Gasteiger partial charge on any atom is 0.244 e. The summed E-state index contributed by atoms with van der Waals surface area (Å²) in [4.78, 5) is 19.0. The SMILES string of the molecule is COc1ccc(N(CC(=O)Nc2ccc(F)cc2)C2=NC3CS(=O)(=O)CC3S2)cc1. The van der Waals surface area contributed by atoms with Gasteiger partial charge in [0.05, 0.1) is 24.7 Å². The smallest absolute Gasteiger partial charge is 0.244 e. The lowest BCUT2D eigenvalue weighted by atomic mass is 10.2. The fourth-order valence-corrected chi connectivity index (χ4v) is 7.16. The maximum absolute atomic E-state index is 13.1. The fourth-order valence-electron chi connectivity index (χ4n) is 3.38. The molecule has 0 aromatic heterocycles. The van der Waals surface area contributed by atoms with Crippen molar-refractivity contribution >= 4 is 44.0 Å². The number of hydrogen-bond acceptors (Lipinski definition) is 7. The molecule has 4 rings (SSSR count). The molecule has 2 aliphatic rings. The number of halogens is 1. The van der Waals surface area contributed by atoms with Crippen LogP contribution in [-0.4, -0.2) is 55.9 Å². The van der Waals surface area contributed by atoms with E-state index in [0.717, 1.165) is 5.69 Å². The van der Waals surface area contributed by atoms with Gasteiger partial charge in [0.25, 0.3) is 0 Å². The van der Waals surface area contributed by atoms with E-state index in [9.17, 15) is 17.6 Å². The van der Waals surface area contributed by atoms with Crippen molar-refractivity contribution in [1.82, 2.24) is 0 Å². The summed E-state index contributed by atoms with van der Waals surface area (Å²) in [6, 6.07) is 12.4. The van der Waals surface area contributed by atoms with Gasteiger partial charge in [-0.25, -0.2) is 12.8 Å². The molecule has 158 valence electrons. The van der Waals surface area contributed by atoms with Crippen molar-refractivity contribution in [3.63, 3.8) is 0 Å². The van der Waals surface area contributed by atoms with E-state index in [1.54, 1.807) is 24.1 Å². The van der Waals surface area contributed by atoms with Crippen LogP contribution in [0, 0.1) is 5.82 Å². The number of hydrogen-bond donors (Lipinski definition) is 1. The van der Waals surface area contributed by atoms with Gasteiger partial charge in [-0.3, -0.25) is 9.79 Å². The van der Waals surface area contributed by atoms with Crippen LogP contribution in [0.2, 0.25) is 0 Å². The zero-order valence-electron chi connectivity index (χ0n) is 16.1. The standard InChI is InChI=1S/C20H20FN3O4S2/c1-28-16-8-6-15(7-9-16)24(10-19(25)22-14-4-2-13(21)3-5-14)20-23-17-11-30(26,27)12-18(17)29-20/h2-9,17-18H,10-12H2,1H3,(H,22,25). The summed E-state index contributed by atoms with van der Waals surface area (Å²) in [5.74, 6) is 0.120. The molecule has 2 aromatic carbocycles. The van der Waals surface area contributed by atoms with Gasteiger partial charge in [-0.2, -0.15) is 0 Å². The molecule has 0 bridgehead atoms. The first-order valence-electron chi connectivity index (χ1n) is 9.25. The van der Waals surface area contributed by atoms with Crippen LogP contribution in [0.5, 0.6) is 5.75 Å². The molecule has 2 heterocycles. The maximum atomic E-state index is 13.1. The van der Waals surface area contributed by atoms with E-state index < -0.39 is 9.84 Å². The molecular weight excluding hydrogens is 429 g/mol. The Balaban J connectivity index is 1.56. The van der Waals surface area contributed by atoms with Gasteiger partial charge in [0.15, 0.2) is 15.0 Å². The van der Waals surface area contributed by atoms with Crippen LogP contribution < -0.4 is 15.0 Å². The Morgan fingerprint density at radius 3 is 2.53 bits per heavy atom. The van der Waals surface area contributed by atoms with Crippen LogP contribution in [0.4, 0.5) is 15.8 Å². The van der Waals surface area contributed by atoms with E-state index in [-0.39, 0.29) is 41.1 Å². The molecule has 0 spiro atoms. The Morgan fingerprint density at radius 2 is 1.90 bits per heavy atom. The highest BCUT2D eigenvalue weighted by Crippen LogP contribution is 2.37. The van der Waals surface area contributed by atoms with E-state index in [4.69, 9.17) is 4.74 Å². The number of ether oxygens (including phenoxy) is 1. The second kappa shape index (κ2) is 8.27. The second-order valence-corrected chi connectivity index (χ2v) is 10.4. The summed E-state index contributed by atoms with van der Waals surface area (Å²) in [6.07, 6.45) is 0. The molecule has 2 atom stereocenters. The predicted octanol–water partition coefficient (Wildman–Crippen LogP) is 2.55. The number of amides is 1. The lowest BCUT2D eigenvalue weighted by Crippen LogP contribution is -2.36. The molecule has 1 fully saturated rings. The molecule has 0 radical (unpaired) electrons. The summed E-state index contributed by atoms with van der Waals surface area (Å²) in [5, 5.41) is 3.22. The molecule has 1 saturated heterocycles. The van der Waals surface area contributed by atoms with Crippen LogP contribution in [0.3, 0.4) is 0 Å². The number of amidine groups is 1. The number of benzene rings is 2. The molecule has 1 amide bonds. The van der Waals surface area contributed by atoms with Gasteiger partial charge in [-0.05, 0) is 48.5 Å². The van der Waals surface area contributed by atoms with Gasteiger partial charge in [-0.15, -0.1) is 0 Å². The van der Waals surface area contributed by atoms with Crippen molar-refractivity contribution in [2.45, 2.75) is 11.3 Å². The van der Waals surface area contributed by atoms with E-state index in [1.165, 1.54) is 36.0 Å². The first-order valence-corrected chi connectivity index (χ1v) is 11.9. The number of aliphatic imine (C=N–C) groups is 1. The average molecular weight is 450 g/mol. The topological polar surface area (TPSA) is 88.1 Å². The Hall–Kier alpha value is -2.59. The molecule has 10 heteroatoms. The normalized spacial score (nSPS) is 21.6. The third-order valence-electron chi connectivity index (χ3n) is 4.85. The Kier molecular flexibility index (Phi) is 5.70. The number of thioether (sulfide) groups is 1. The molecule has 1 N–H and O–H groups in total. The molecular formula is C20H20FN3O4S2. The lowest BCUT2D eigenvalue weighted by Gasteiger charge is -2.24. The highest BCUT2D eigenvalue weighted by atomic mass is 32.2. The number of anilines is 2. The van der Waals surface area contributed by atoms with Gasteiger partial charge in [0, 0.05) is 16.6 Å². The molecule has 7 nitrogen and oxygen atoms in total. The number of rotatable bonds is 5. The molecule has 2 unspecified atom stereocenters. The third-order valence-corrected chi connectivity index (χ3v) is 8.10. The quantitative estimate of drug-likeness (QED) is 0.755. The number of fused-ring (bicyclic) bond motifs is 1. The van der Waals surface area contributed by atoms with E-state index in [0.29, 0.717) is 16.6 Å². The van der Waals surface area contributed by atoms with Crippen molar-refractivity contribution in [3.05, 3.63) is 54.3 Å². The lowest BCUT2D eigenvalue weighted by molar-refractivity contribution is -0.114. The summed E-state index contributed by atoms with van der Waals surface area (Å²) in [7, 11) is -1.50. The van der Waals surface area contributed by atoms with E-state index in [1.807, 2.05) is 12.1 Å². The summed E-state index contributed by atoms with van der Waals surface area (Å²) in [6.45, 7) is -0.0261. The van der Waals surface area contributed by atoms with Crippen molar-refractivity contribution in [3.8, 4) is 5.75 Å². The van der Waals surface area contributed by atoms with Crippen molar-refractivity contribution in [2.24, 2.45) is 4.99 Å². The van der Waals surface area contributed by atoms with Crippen LogP contribution in [0.25, 0.3) is 0 Å². The van der Waals surface area contributed by atoms with Gasteiger partial charge in [-0.1, -0.05) is 11.8 Å². The van der Waals surface area contributed by atoms with Crippen LogP contribution in [0.15, 0.2) is 53.5 Å². The van der Waals surface area contributed by atoms with E-state index >= 15 is 0 Å². The number of carbonyl (C=O) groups is 1. The highest BCUT2D eigenvalue weighted by molar-refractivity contribution is 8.15. The first kappa shape index (κ1) is 20.7. The third kappa shape index (κ3) is 4.59. The highest BCUT2D eigenvalue weighted by Gasteiger charge is 2.44. The molecule has 0 saturated carbocycles. The van der Waals surface area contributed by atoms with Crippen molar-refractivity contribution in [2.75, 3.05) is 35.4 Å². The molecule has 2 aliphatic heterocycles. The van der Waals surface area contributed by atoms with Gasteiger partial charge >= 0.3 is 0 Å². The number of nitrogens with one attached hydrogen (secondary N) is 1. The summed E-state index contributed by atoms with van der Waals surface area (Å²) < 4.78 is 42.0. The Labute approximate surface area is 178 Å². The average Bonchev–Trinajstić information content (AvgIpc) is 3.21. The largest absolute Gasteiger partial charge is 0.497 e. The first-order chi connectivity index (χ1) is 14.3. The molecule has 0 aliphatic carbocycles. The minimum absolute atomic E-state index is 0.0261. The predicted molar refractivity (Wildman–Crippen MR) is 117 cm³/mol. The number of sulfone groups is 1. The zero-order valence-corrected chi connectivity index (χ0v) is 17.7. The second-order valence-electron chi connectivity index (χ2n) is 7.05. The zero-order chi connectivity index (χ0) is 21.3. The number of methoxy groups -OCH3 is 1. The monoisotopic (exact) mass is 449 g/mol. The van der Waals surface area contributed by atoms with Crippen LogP contribution in [-0.2, 0) is 14.6 Å². The Bertz CT molecular complexity index is 1070. The summed E-state index contributed by atoms with van der Waals surface area (Å²) in [5.41, 5.74) is 1.22. The molecule has 30 heavy (non-hydrogen) atoms. The minimum Gasteiger partial charge on any atom is -0.497 e. The Morgan fingerprint density at radius 1 is 1.20 bits per heavy atom.